The highest BCUT2D eigenvalue weighted by Crippen LogP contribution is 2.49. The van der Waals surface area contributed by atoms with Crippen molar-refractivity contribution < 1.29 is 18.0 Å². The van der Waals surface area contributed by atoms with Gasteiger partial charge >= 0.3 is 7.60 Å². The van der Waals surface area contributed by atoms with E-state index in [0.29, 0.717) is 19.8 Å². The Morgan fingerprint density at radius 1 is 1.10 bits per heavy atom. The molecule has 4 nitrogen and oxygen atoms in total. The van der Waals surface area contributed by atoms with Crippen LogP contribution in [0, 0.1) is 0 Å². The van der Waals surface area contributed by atoms with Crippen molar-refractivity contribution >= 4 is 15.9 Å². The molecule has 20 heavy (non-hydrogen) atoms. The first-order valence-corrected chi connectivity index (χ1v) is 11.8. The van der Waals surface area contributed by atoms with E-state index in [0.717, 1.165) is 6.42 Å². The van der Waals surface area contributed by atoms with Crippen LogP contribution in [-0.4, -0.2) is 28.1 Å². The minimum absolute atomic E-state index is 0.211. The Morgan fingerprint density at radius 3 is 2.00 bits per heavy atom. The molecule has 0 saturated heterocycles. The van der Waals surface area contributed by atoms with Crippen LogP contribution in [0.4, 0.5) is 0 Å². The van der Waals surface area contributed by atoms with Crippen molar-refractivity contribution in [2.45, 2.75) is 59.2 Å². The highest BCUT2D eigenvalue weighted by Gasteiger charge is 2.36. The molecule has 0 rings (SSSR count). The lowest BCUT2D eigenvalue weighted by molar-refractivity contribution is 0.228. The van der Waals surface area contributed by atoms with Crippen molar-refractivity contribution in [1.29, 1.82) is 0 Å². The Bertz CT molecular complexity index is 338. The predicted molar refractivity (Wildman–Crippen MR) is 87.8 cm³/mol. The van der Waals surface area contributed by atoms with Crippen LogP contribution in [0.1, 0.15) is 41.0 Å². The van der Waals surface area contributed by atoms with Gasteiger partial charge in [0.1, 0.15) is 0 Å². The van der Waals surface area contributed by atoms with Gasteiger partial charge in [-0.3, -0.25) is 4.57 Å². The van der Waals surface area contributed by atoms with E-state index in [4.69, 9.17) is 13.5 Å². The number of hydrogen-bond acceptors (Lipinski definition) is 4. The minimum Gasteiger partial charge on any atom is -0.417 e. The fourth-order valence-electron chi connectivity index (χ4n) is 1.29. The van der Waals surface area contributed by atoms with Crippen molar-refractivity contribution in [3.8, 4) is 0 Å². The van der Waals surface area contributed by atoms with Crippen molar-refractivity contribution in [3.63, 3.8) is 0 Å². The molecular weight excluding hydrogens is 291 g/mol. The van der Waals surface area contributed by atoms with E-state index in [-0.39, 0.29) is 5.04 Å². The average molecular weight is 322 g/mol. The van der Waals surface area contributed by atoms with E-state index in [2.05, 4.69) is 33.9 Å². The van der Waals surface area contributed by atoms with Gasteiger partial charge in [-0.2, -0.15) is 0 Å². The zero-order valence-electron chi connectivity index (χ0n) is 14.1. The summed E-state index contributed by atoms with van der Waals surface area (Å²) >= 11 is 0. The standard InChI is InChI=1S/C14H31O4PSi/c1-8-16-19(15,17-9-2)13-11-10-12-18-20(6,7)14(3,4)5/h11,13H,8-10,12H2,1-7H3/b13-11+. The smallest absolute Gasteiger partial charge is 0.353 e. The molecule has 120 valence electrons. The number of rotatable bonds is 9. The fraction of sp³-hybridized carbons (Fsp3) is 0.857. The molecule has 0 aromatic carbocycles. The molecule has 0 amide bonds. The second kappa shape index (κ2) is 8.50. The van der Waals surface area contributed by atoms with Gasteiger partial charge in [0.2, 0.25) is 0 Å². The molecule has 0 spiro atoms. The molecule has 0 fully saturated rings. The second-order valence-electron chi connectivity index (χ2n) is 6.16. The largest absolute Gasteiger partial charge is 0.417 e. The molecule has 0 N–H and O–H groups in total. The summed E-state index contributed by atoms with van der Waals surface area (Å²) in [6.45, 7) is 16.1. The quantitative estimate of drug-likeness (QED) is 0.333. The van der Waals surface area contributed by atoms with Gasteiger partial charge in [0.15, 0.2) is 8.32 Å². The molecule has 0 aliphatic carbocycles. The third-order valence-electron chi connectivity index (χ3n) is 3.46. The molecule has 0 saturated carbocycles. The molecule has 0 aromatic heterocycles. The highest BCUT2D eigenvalue weighted by molar-refractivity contribution is 7.57. The molecule has 0 radical (unpaired) electrons. The summed E-state index contributed by atoms with van der Waals surface area (Å²) in [5.74, 6) is 1.55. The van der Waals surface area contributed by atoms with Gasteiger partial charge in [-0.05, 0) is 38.4 Å². The Morgan fingerprint density at radius 2 is 1.60 bits per heavy atom. The van der Waals surface area contributed by atoms with Crippen molar-refractivity contribution in [2.24, 2.45) is 0 Å². The van der Waals surface area contributed by atoms with Gasteiger partial charge in [-0.1, -0.05) is 26.8 Å². The normalized spacial score (nSPS) is 14.2. The maximum Gasteiger partial charge on any atom is 0.353 e. The first-order chi connectivity index (χ1) is 9.08. The molecule has 0 atom stereocenters. The van der Waals surface area contributed by atoms with Crippen molar-refractivity contribution in [3.05, 3.63) is 11.9 Å². The van der Waals surface area contributed by atoms with Crippen LogP contribution in [0.5, 0.6) is 0 Å². The van der Waals surface area contributed by atoms with E-state index in [1.54, 1.807) is 19.7 Å². The second-order valence-corrected chi connectivity index (χ2v) is 12.9. The van der Waals surface area contributed by atoms with Gasteiger partial charge in [-0.15, -0.1) is 0 Å². The van der Waals surface area contributed by atoms with Crippen LogP contribution in [0.25, 0.3) is 0 Å². The third-order valence-corrected chi connectivity index (χ3v) is 9.81. The van der Waals surface area contributed by atoms with Crippen LogP contribution in [0.15, 0.2) is 11.9 Å². The lowest BCUT2D eigenvalue weighted by Gasteiger charge is -2.36. The molecule has 0 unspecified atom stereocenters. The maximum absolute atomic E-state index is 12.2. The molecule has 0 bridgehead atoms. The predicted octanol–water partition coefficient (Wildman–Crippen LogP) is 5.18. The molecular formula is C14H31O4PSi. The zero-order valence-corrected chi connectivity index (χ0v) is 16.0. The van der Waals surface area contributed by atoms with Crippen LogP contribution < -0.4 is 0 Å². The van der Waals surface area contributed by atoms with Crippen LogP contribution in [0.2, 0.25) is 18.1 Å². The lowest BCUT2D eigenvalue weighted by atomic mass is 10.2. The van der Waals surface area contributed by atoms with Crippen LogP contribution >= 0.6 is 7.60 Å². The van der Waals surface area contributed by atoms with Crippen LogP contribution in [0.3, 0.4) is 0 Å². The minimum atomic E-state index is -3.06. The summed E-state index contributed by atoms with van der Waals surface area (Å²) < 4.78 is 28.6. The summed E-state index contributed by atoms with van der Waals surface area (Å²) in [6, 6.07) is 0. The Balaban J connectivity index is 4.29. The van der Waals surface area contributed by atoms with Crippen molar-refractivity contribution in [2.75, 3.05) is 19.8 Å². The van der Waals surface area contributed by atoms with Gasteiger partial charge < -0.3 is 13.5 Å². The summed E-state index contributed by atoms with van der Waals surface area (Å²) in [4.78, 5) is 0. The maximum atomic E-state index is 12.2. The molecule has 6 heteroatoms. The lowest BCUT2D eigenvalue weighted by Crippen LogP contribution is -2.40. The average Bonchev–Trinajstić information content (AvgIpc) is 2.27. The summed E-state index contributed by atoms with van der Waals surface area (Å²) in [5, 5.41) is 0.211. The summed E-state index contributed by atoms with van der Waals surface area (Å²) in [7, 11) is -4.75. The van der Waals surface area contributed by atoms with E-state index in [1.807, 2.05) is 6.08 Å². The summed E-state index contributed by atoms with van der Waals surface area (Å²) in [6.07, 6.45) is 2.55. The number of hydrogen-bond donors (Lipinski definition) is 0. The summed E-state index contributed by atoms with van der Waals surface area (Å²) in [5.41, 5.74) is 0. The Hall–Kier alpha value is 0.0669. The molecule has 0 aliphatic heterocycles. The van der Waals surface area contributed by atoms with E-state index in [1.165, 1.54) is 0 Å². The monoisotopic (exact) mass is 322 g/mol. The fourth-order valence-corrected chi connectivity index (χ4v) is 3.72. The molecule has 0 aliphatic rings. The first kappa shape index (κ1) is 20.1. The SMILES string of the molecule is CCOP(=O)(/C=C/CCO[Si](C)(C)C(C)(C)C)OCC. The third kappa shape index (κ3) is 7.18. The van der Waals surface area contributed by atoms with Gasteiger partial charge in [0.25, 0.3) is 0 Å². The molecule has 0 aromatic rings. The highest BCUT2D eigenvalue weighted by atomic mass is 31.2. The van der Waals surface area contributed by atoms with E-state index in [9.17, 15) is 4.57 Å². The van der Waals surface area contributed by atoms with Gasteiger partial charge in [0, 0.05) is 12.4 Å². The molecule has 0 heterocycles. The Labute approximate surface area is 125 Å². The van der Waals surface area contributed by atoms with Crippen molar-refractivity contribution in [1.82, 2.24) is 0 Å². The van der Waals surface area contributed by atoms with Gasteiger partial charge in [0.05, 0.1) is 13.2 Å². The Kier molecular flexibility index (Phi) is 8.52. The zero-order chi connectivity index (χ0) is 15.9. The van der Waals surface area contributed by atoms with Gasteiger partial charge in [-0.25, -0.2) is 0 Å². The van der Waals surface area contributed by atoms with E-state index >= 15 is 0 Å². The van der Waals surface area contributed by atoms with Crippen LogP contribution in [-0.2, 0) is 18.0 Å². The van der Waals surface area contributed by atoms with E-state index < -0.39 is 15.9 Å². The topological polar surface area (TPSA) is 44.8 Å². The first-order valence-electron chi connectivity index (χ1n) is 7.28.